The first kappa shape index (κ1) is 17.4. The highest BCUT2D eigenvalue weighted by molar-refractivity contribution is 5.98. The number of aliphatic hydroxyl groups is 1. The number of halogens is 3. The zero-order valence-corrected chi connectivity index (χ0v) is 12.8. The zero-order chi connectivity index (χ0) is 17.3. The first-order chi connectivity index (χ1) is 10.6. The molecule has 0 spiro atoms. The molecule has 1 atom stereocenters. The lowest BCUT2D eigenvalue weighted by atomic mass is 9.99. The Morgan fingerprint density at radius 3 is 2.70 bits per heavy atom. The maximum Gasteiger partial charge on any atom is 0.438 e. The van der Waals surface area contributed by atoms with Gasteiger partial charge in [0, 0.05) is 24.5 Å². The van der Waals surface area contributed by atoms with Crippen molar-refractivity contribution in [2.24, 2.45) is 11.0 Å². The van der Waals surface area contributed by atoms with E-state index in [4.69, 9.17) is 0 Å². The third kappa shape index (κ3) is 3.52. The number of carbonyl (C=O) groups excluding carboxylic acids is 1. The van der Waals surface area contributed by atoms with E-state index in [1.165, 1.54) is 18.3 Å². The average Bonchev–Trinajstić information content (AvgIpc) is 2.83. The van der Waals surface area contributed by atoms with Crippen LogP contribution in [0.5, 0.6) is 0 Å². The lowest BCUT2D eigenvalue weighted by Crippen LogP contribution is -2.56. The summed E-state index contributed by atoms with van der Waals surface area (Å²) in [7, 11) is 0. The highest BCUT2D eigenvalue weighted by Crippen LogP contribution is 2.41. The Labute approximate surface area is 131 Å². The van der Waals surface area contributed by atoms with Crippen LogP contribution in [0.25, 0.3) is 0 Å². The highest BCUT2D eigenvalue weighted by atomic mass is 19.4. The molecule has 1 aromatic rings. The van der Waals surface area contributed by atoms with Crippen molar-refractivity contribution in [1.82, 2.24) is 9.99 Å². The number of hydrogen-bond donors (Lipinski definition) is 1. The summed E-state index contributed by atoms with van der Waals surface area (Å²) in [6.45, 7) is 3.87. The summed E-state index contributed by atoms with van der Waals surface area (Å²) >= 11 is 0. The summed E-state index contributed by atoms with van der Waals surface area (Å²) in [5.74, 6) is -0.753. The molecule has 0 aromatic carbocycles. The first-order valence-corrected chi connectivity index (χ1v) is 7.25. The second-order valence-corrected chi connectivity index (χ2v) is 5.95. The van der Waals surface area contributed by atoms with Crippen LogP contribution in [-0.2, 0) is 0 Å². The fraction of sp³-hybridized carbons (Fsp3) is 0.533. The summed E-state index contributed by atoms with van der Waals surface area (Å²) < 4.78 is 39.9. The van der Waals surface area contributed by atoms with E-state index in [0.717, 1.165) is 6.20 Å². The molecule has 1 N–H and O–H groups in total. The van der Waals surface area contributed by atoms with Crippen LogP contribution < -0.4 is 0 Å². The number of aromatic nitrogens is 1. The normalized spacial score (nSPS) is 21.7. The molecule has 0 aliphatic carbocycles. The molecule has 0 saturated heterocycles. The van der Waals surface area contributed by atoms with Gasteiger partial charge >= 0.3 is 6.18 Å². The van der Waals surface area contributed by atoms with Crippen molar-refractivity contribution < 1.29 is 23.1 Å². The Morgan fingerprint density at radius 2 is 2.17 bits per heavy atom. The monoisotopic (exact) mass is 329 g/mol. The van der Waals surface area contributed by atoms with Crippen LogP contribution in [0.15, 0.2) is 29.6 Å². The summed E-state index contributed by atoms with van der Waals surface area (Å²) in [6.07, 6.45) is -2.27. The van der Waals surface area contributed by atoms with E-state index in [-0.39, 0.29) is 22.2 Å². The van der Waals surface area contributed by atoms with Crippen molar-refractivity contribution in [2.75, 3.05) is 0 Å². The number of hydrazone groups is 1. The van der Waals surface area contributed by atoms with Gasteiger partial charge < -0.3 is 5.11 Å². The Morgan fingerprint density at radius 1 is 1.48 bits per heavy atom. The SMILES string of the molecule is CC(C)CCC1=NN(C(=O)c2cccnc2)[C@](O)(C(F)(F)F)C1. The average molecular weight is 329 g/mol. The van der Waals surface area contributed by atoms with Gasteiger partial charge in [0.05, 0.1) is 5.56 Å². The predicted octanol–water partition coefficient (Wildman–Crippen LogP) is 2.97. The Bertz CT molecular complexity index is 602. The minimum absolute atomic E-state index is 0.0657. The van der Waals surface area contributed by atoms with E-state index >= 15 is 0 Å². The number of alkyl halides is 3. The van der Waals surface area contributed by atoms with E-state index in [9.17, 15) is 23.1 Å². The smallest absolute Gasteiger partial charge is 0.362 e. The molecule has 2 heterocycles. The molecule has 0 unspecified atom stereocenters. The van der Waals surface area contributed by atoms with E-state index in [1.54, 1.807) is 0 Å². The topological polar surface area (TPSA) is 65.8 Å². The largest absolute Gasteiger partial charge is 0.438 e. The van der Waals surface area contributed by atoms with Crippen LogP contribution in [0.4, 0.5) is 13.2 Å². The molecule has 126 valence electrons. The minimum atomic E-state index is -5.01. The number of amides is 1. The summed E-state index contributed by atoms with van der Waals surface area (Å²) in [6, 6.07) is 2.76. The zero-order valence-electron chi connectivity index (χ0n) is 12.8. The Hall–Kier alpha value is -1.96. The summed E-state index contributed by atoms with van der Waals surface area (Å²) in [5.41, 5.74) is -3.22. The molecular formula is C15H18F3N3O2. The van der Waals surface area contributed by atoms with Crippen molar-refractivity contribution in [3.05, 3.63) is 30.1 Å². The third-order valence-electron chi connectivity index (χ3n) is 3.61. The first-order valence-electron chi connectivity index (χ1n) is 7.25. The predicted molar refractivity (Wildman–Crippen MR) is 77.5 cm³/mol. The molecule has 0 radical (unpaired) electrons. The number of carbonyl (C=O) groups is 1. The Kier molecular flexibility index (Phi) is 4.74. The number of nitrogens with zero attached hydrogens (tertiary/aromatic N) is 3. The standard InChI is InChI=1S/C15H18F3N3O2/c1-10(2)5-6-12-8-14(23,15(16,17)18)21(20-12)13(22)11-4-3-7-19-9-11/h3-4,7,9-10,23H,5-6,8H2,1-2H3/t14-/m1/s1. The lowest BCUT2D eigenvalue weighted by molar-refractivity contribution is -0.297. The summed E-state index contributed by atoms with van der Waals surface area (Å²) in [5, 5.41) is 14.0. The van der Waals surface area contributed by atoms with Crippen molar-refractivity contribution in [3.63, 3.8) is 0 Å². The van der Waals surface area contributed by atoms with Gasteiger partial charge in [-0.05, 0) is 30.9 Å². The molecule has 0 saturated carbocycles. The molecule has 0 bridgehead atoms. The van der Waals surface area contributed by atoms with E-state index < -0.39 is 24.2 Å². The second kappa shape index (κ2) is 6.27. The van der Waals surface area contributed by atoms with Crippen LogP contribution in [0.1, 0.15) is 43.5 Å². The Balaban J connectivity index is 2.32. The van der Waals surface area contributed by atoms with E-state index in [1.807, 2.05) is 13.8 Å². The maximum atomic E-state index is 13.3. The molecule has 1 amide bonds. The highest BCUT2D eigenvalue weighted by Gasteiger charge is 2.63. The number of hydrogen-bond acceptors (Lipinski definition) is 4. The van der Waals surface area contributed by atoms with E-state index in [0.29, 0.717) is 12.8 Å². The van der Waals surface area contributed by atoms with Crippen LogP contribution in [0, 0.1) is 5.92 Å². The van der Waals surface area contributed by atoms with Crippen LogP contribution in [0.2, 0.25) is 0 Å². The van der Waals surface area contributed by atoms with Crippen molar-refractivity contribution in [2.45, 2.75) is 45.0 Å². The fourth-order valence-electron chi connectivity index (χ4n) is 2.26. The van der Waals surface area contributed by atoms with Gasteiger partial charge in [0.1, 0.15) is 0 Å². The van der Waals surface area contributed by atoms with Crippen LogP contribution in [0.3, 0.4) is 0 Å². The van der Waals surface area contributed by atoms with E-state index in [2.05, 4.69) is 10.1 Å². The molecule has 1 aliphatic rings. The van der Waals surface area contributed by atoms with Gasteiger partial charge in [-0.2, -0.15) is 23.3 Å². The van der Waals surface area contributed by atoms with Gasteiger partial charge in [-0.3, -0.25) is 9.78 Å². The molecule has 0 fully saturated rings. The quantitative estimate of drug-likeness (QED) is 0.923. The number of pyridine rings is 1. The molecule has 5 nitrogen and oxygen atoms in total. The summed E-state index contributed by atoms with van der Waals surface area (Å²) in [4.78, 5) is 16.0. The molecular weight excluding hydrogens is 311 g/mol. The van der Waals surface area contributed by atoms with Gasteiger partial charge in [-0.1, -0.05) is 13.8 Å². The second-order valence-electron chi connectivity index (χ2n) is 5.95. The molecule has 1 aromatic heterocycles. The van der Waals surface area contributed by atoms with Crippen molar-refractivity contribution in [3.8, 4) is 0 Å². The van der Waals surface area contributed by atoms with Crippen molar-refractivity contribution in [1.29, 1.82) is 0 Å². The van der Waals surface area contributed by atoms with Crippen molar-refractivity contribution >= 4 is 11.6 Å². The fourth-order valence-corrected chi connectivity index (χ4v) is 2.26. The molecule has 23 heavy (non-hydrogen) atoms. The van der Waals surface area contributed by atoms with Gasteiger partial charge in [-0.25, -0.2) is 0 Å². The molecule has 2 rings (SSSR count). The number of rotatable bonds is 4. The maximum absolute atomic E-state index is 13.3. The minimum Gasteiger partial charge on any atom is -0.362 e. The van der Waals surface area contributed by atoms with Crippen LogP contribution in [-0.4, -0.2) is 38.6 Å². The van der Waals surface area contributed by atoms with Gasteiger partial charge in [0.15, 0.2) is 0 Å². The van der Waals surface area contributed by atoms with Gasteiger partial charge in [0.2, 0.25) is 0 Å². The van der Waals surface area contributed by atoms with Gasteiger partial charge in [0.25, 0.3) is 11.6 Å². The third-order valence-corrected chi connectivity index (χ3v) is 3.61. The molecule has 8 heteroatoms. The lowest BCUT2D eigenvalue weighted by Gasteiger charge is -2.32. The molecule has 1 aliphatic heterocycles. The van der Waals surface area contributed by atoms with Gasteiger partial charge in [-0.15, -0.1) is 0 Å². The van der Waals surface area contributed by atoms with Crippen LogP contribution >= 0.6 is 0 Å².